The molecule has 3 fully saturated rings. The summed E-state index contributed by atoms with van der Waals surface area (Å²) in [5.74, 6) is -4.31. The first-order valence-corrected chi connectivity index (χ1v) is 14.3. The molecule has 2 aromatic rings. The van der Waals surface area contributed by atoms with Crippen LogP contribution in [0.5, 0.6) is 0 Å². The monoisotopic (exact) mass is 628 g/mol. The molecule has 2 aromatic heterocycles. The van der Waals surface area contributed by atoms with Gasteiger partial charge in [-0.05, 0) is 55.3 Å². The van der Waals surface area contributed by atoms with Gasteiger partial charge in [0, 0.05) is 53.4 Å². The molecule has 0 saturated carbocycles. The maximum absolute atomic E-state index is 14.0. The zero-order valence-electron chi connectivity index (χ0n) is 24.2. The predicted molar refractivity (Wildman–Crippen MR) is 145 cm³/mol. The van der Waals surface area contributed by atoms with Crippen LogP contribution in [0, 0.1) is 11.8 Å². The number of halogens is 2. The molecular formula is C26H34Cl2N6O8. The third-order valence-corrected chi connectivity index (χ3v) is 9.68. The van der Waals surface area contributed by atoms with E-state index in [9.17, 15) is 9.59 Å². The van der Waals surface area contributed by atoms with Crippen LogP contribution in [0.1, 0.15) is 36.8 Å². The number of hydrogen-bond acceptors (Lipinski definition) is 10. The van der Waals surface area contributed by atoms with Crippen molar-refractivity contribution in [1.29, 1.82) is 0 Å². The Morgan fingerprint density at radius 1 is 0.905 bits per heavy atom. The molecule has 3 aliphatic heterocycles. The van der Waals surface area contributed by atoms with E-state index in [4.69, 9.17) is 56.6 Å². The fourth-order valence-electron chi connectivity index (χ4n) is 6.66. The fourth-order valence-corrected chi connectivity index (χ4v) is 7.10. The molecule has 16 heteroatoms. The average Bonchev–Trinajstić information content (AvgIpc) is 3.49. The molecular weight excluding hydrogens is 595 g/mol. The second kappa shape index (κ2) is 10.7. The second-order valence-electron chi connectivity index (χ2n) is 11.2. The number of ether oxygens (including phenoxy) is 6. The lowest BCUT2D eigenvalue weighted by molar-refractivity contribution is -0.441. The summed E-state index contributed by atoms with van der Waals surface area (Å²) in [5, 5.41) is 3.47. The third-order valence-electron chi connectivity index (χ3n) is 9.09. The van der Waals surface area contributed by atoms with Crippen molar-refractivity contribution in [2.45, 2.75) is 63.4 Å². The summed E-state index contributed by atoms with van der Waals surface area (Å²) >= 11 is 13.1. The van der Waals surface area contributed by atoms with Crippen molar-refractivity contribution in [1.82, 2.24) is 29.1 Å². The Hall–Kier alpha value is -2.30. The van der Waals surface area contributed by atoms with E-state index in [1.54, 1.807) is 32.6 Å². The van der Waals surface area contributed by atoms with Gasteiger partial charge in [-0.25, -0.2) is 20.0 Å². The Morgan fingerprint density at radius 3 is 2.07 bits per heavy atom. The maximum Gasteiger partial charge on any atom is 0.273 e. The van der Waals surface area contributed by atoms with E-state index in [1.165, 1.54) is 24.2 Å². The van der Waals surface area contributed by atoms with Gasteiger partial charge in [-0.1, -0.05) is 0 Å². The van der Waals surface area contributed by atoms with Gasteiger partial charge in [0.1, 0.15) is 13.5 Å². The van der Waals surface area contributed by atoms with Crippen LogP contribution < -0.4 is 0 Å². The van der Waals surface area contributed by atoms with Crippen molar-refractivity contribution in [2.24, 2.45) is 11.8 Å². The van der Waals surface area contributed by atoms with E-state index in [0.717, 1.165) is 11.4 Å². The topological polar surface area (TPSA) is 132 Å². The van der Waals surface area contributed by atoms with Gasteiger partial charge >= 0.3 is 0 Å². The van der Waals surface area contributed by atoms with Crippen molar-refractivity contribution in [3.05, 3.63) is 33.8 Å². The Bertz CT molecular complexity index is 1400. The zero-order chi connectivity index (χ0) is 30.1. The van der Waals surface area contributed by atoms with E-state index in [2.05, 4.69) is 4.98 Å². The molecule has 5 heterocycles. The van der Waals surface area contributed by atoms with Gasteiger partial charge in [0.15, 0.2) is 12.2 Å². The van der Waals surface area contributed by atoms with Gasteiger partial charge in [0.05, 0.1) is 17.3 Å². The quantitative estimate of drug-likeness (QED) is 0.445. The number of rotatable bonds is 7. The Balaban J connectivity index is 1.40. The van der Waals surface area contributed by atoms with Gasteiger partial charge < -0.3 is 28.4 Å². The first-order valence-electron chi connectivity index (χ1n) is 13.5. The normalized spacial score (nSPS) is 34.2. The lowest BCUT2D eigenvalue weighted by atomic mass is 9.69. The number of nitrogens with zero attached hydrogens (tertiary/aromatic N) is 6. The molecule has 6 rings (SSSR count). The number of amides is 2. The minimum Gasteiger partial charge on any atom is -0.364 e. The molecule has 0 spiro atoms. The summed E-state index contributed by atoms with van der Waals surface area (Å²) in [6, 6.07) is 0. The summed E-state index contributed by atoms with van der Waals surface area (Å²) in [4.78, 5) is 37.3. The van der Waals surface area contributed by atoms with Gasteiger partial charge in [0.25, 0.3) is 11.8 Å². The Labute approximate surface area is 252 Å². The predicted octanol–water partition coefficient (Wildman–Crippen LogP) is 1.62. The number of hydrazine groups is 1. The van der Waals surface area contributed by atoms with Gasteiger partial charge in [0.2, 0.25) is 22.1 Å². The molecule has 14 nitrogen and oxygen atoms in total. The van der Waals surface area contributed by atoms with Crippen LogP contribution >= 0.6 is 23.2 Å². The SMILES string of the molecule is COCn1cc([C@@H]2c3nc(Cl)n(COC)c3C[C@@H]3CN4C(=O)[C@@H]5O[C@@](C)(OC)[C@](C)(OC)O[C@H]5C(=O)N4C[C@H]32)nc1Cl. The highest BCUT2D eigenvalue weighted by atomic mass is 35.5. The molecule has 0 unspecified atom stereocenters. The molecule has 3 saturated heterocycles. The minimum atomic E-state index is -1.45. The van der Waals surface area contributed by atoms with Crippen molar-refractivity contribution in [3.8, 4) is 0 Å². The molecule has 230 valence electrons. The standard InChI is InChI=1S/C26H34Cl2N6O8/c1-25(39-5)26(2,40-6)42-20-19(41-25)21(35)33-8-13-7-16-18(30-24(28)32(16)12-38-4)17(14(13)9-34(33)22(20)36)15-10-31(11-37-3)23(27)29-15/h10,13-14,17,19-20H,7-9,11-12H2,1-6H3/t13-,14-,17-,19-,20-,25-,26-/m1/s1. The number of imidazole rings is 2. The Morgan fingerprint density at radius 2 is 1.50 bits per heavy atom. The first kappa shape index (κ1) is 29.8. The number of methoxy groups -OCH3 is 4. The van der Waals surface area contributed by atoms with Crippen molar-refractivity contribution < 1.29 is 38.0 Å². The lowest BCUT2D eigenvalue weighted by Crippen LogP contribution is -2.76. The molecule has 0 N–H and O–H groups in total. The number of carbonyl (C=O) groups is 2. The molecule has 2 amide bonds. The van der Waals surface area contributed by atoms with Crippen LogP contribution in [0.15, 0.2) is 6.20 Å². The minimum absolute atomic E-state index is 0.0793. The fraction of sp³-hybridized carbons (Fsp3) is 0.692. The van der Waals surface area contributed by atoms with Crippen LogP contribution in [0.3, 0.4) is 0 Å². The van der Waals surface area contributed by atoms with Gasteiger partial charge in [-0.2, -0.15) is 0 Å². The van der Waals surface area contributed by atoms with Crippen LogP contribution in [0.25, 0.3) is 0 Å². The van der Waals surface area contributed by atoms with E-state index < -0.39 is 35.6 Å². The third kappa shape index (κ3) is 4.30. The summed E-state index contributed by atoms with van der Waals surface area (Å²) in [6.07, 6.45) is -0.0428. The lowest BCUT2D eigenvalue weighted by Gasteiger charge is -2.57. The highest BCUT2D eigenvalue weighted by Gasteiger charge is 2.64. The van der Waals surface area contributed by atoms with E-state index >= 15 is 0 Å². The maximum atomic E-state index is 14.0. The molecule has 4 aliphatic rings. The van der Waals surface area contributed by atoms with Gasteiger partial charge in [-0.15, -0.1) is 0 Å². The summed E-state index contributed by atoms with van der Waals surface area (Å²) < 4.78 is 37.6. The summed E-state index contributed by atoms with van der Waals surface area (Å²) in [5.41, 5.74) is 2.28. The molecule has 1 aliphatic carbocycles. The van der Waals surface area contributed by atoms with Crippen molar-refractivity contribution >= 4 is 35.0 Å². The highest BCUT2D eigenvalue weighted by molar-refractivity contribution is 6.28. The van der Waals surface area contributed by atoms with Crippen molar-refractivity contribution in [3.63, 3.8) is 0 Å². The highest BCUT2D eigenvalue weighted by Crippen LogP contribution is 2.49. The van der Waals surface area contributed by atoms with Crippen LogP contribution in [-0.2, 0) is 57.9 Å². The number of fused-ring (bicyclic) bond motifs is 4. The number of hydrogen-bond donors (Lipinski definition) is 0. The number of carbonyl (C=O) groups excluding carboxylic acids is 2. The molecule has 42 heavy (non-hydrogen) atoms. The average molecular weight is 629 g/mol. The van der Waals surface area contributed by atoms with Crippen LogP contribution in [0.2, 0.25) is 10.6 Å². The molecule has 0 radical (unpaired) electrons. The first-order chi connectivity index (χ1) is 20.0. The Kier molecular flexibility index (Phi) is 7.58. The van der Waals surface area contributed by atoms with Crippen LogP contribution in [0.4, 0.5) is 0 Å². The summed E-state index contributed by atoms with van der Waals surface area (Å²) in [6.45, 7) is 4.11. The largest absolute Gasteiger partial charge is 0.364 e. The molecule has 0 bridgehead atoms. The van der Waals surface area contributed by atoms with Crippen LogP contribution in [-0.4, -0.2) is 106 Å². The van der Waals surface area contributed by atoms with Gasteiger partial charge in [-0.3, -0.25) is 18.7 Å². The molecule has 0 aromatic carbocycles. The van der Waals surface area contributed by atoms with Crippen molar-refractivity contribution in [2.75, 3.05) is 41.5 Å². The van der Waals surface area contributed by atoms with E-state index in [0.29, 0.717) is 12.1 Å². The summed E-state index contributed by atoms with van der Waals surface area (Å²) in [7, 11) is 6.02. The zero-order valence-corrected chi connectivity index (χ0v) is 25.7. The molecule has 7 atom stereocenters. The van der Waals surface area contributed by atoms with E-state index in [-0.39, 0.29) is 54.9 Å². The number of aromatic nitrogens is 4. The second-order valence-corrected chi connectivity index (χ2v) is 11.9. The smallest absolute Gasteiger partial charge is 0.273 e. The van der Waals surface area contributed by atoms with E-state index in [1.807, 2.05) is 10.8 Å².